The molecule has 4 bridgehead atoms. The van der Waals surface area contributed by atoms with E-state index in [1.54, 1.807) is 0 Å². The van der Waals surface area contributed by atoms with Gasteiger partial charge in [0.05, 0.1) is 24.0 Å². The number of carbonyl (C=O) groups is 1. The highest BCUT2D eigenvalue weighted by atomic mass is 32.2. The third kappa shape index (κ3) is 3.77. The molecule has 6 aliphatic rings. The summed E-state index contributed by atoms with van der Waals surface area (Å²) < 4.78 is 5.81. The summed E-state index contributed by atoms with van der Waals surface area (Å²) in [7, 11) is 0. The number of amides is 1. The Kier molecular flexibility index (Phi) is 5.29. The molecule has 9 heteroatoms. The molecule has 8 nitrogen and oxygen atoms in total. The fraction of sp³-hybridized carbons (Fsp3) is 0.913. The number of thioether (sulfide) groups is 1. The van der Waals surface area contributed by atoms with E-state index in [2.05, 4.69) is 28.2 Å². The summed E-state index contributed by atoms with van der Waals surface area (Å²) in [5.74, 6) is 3.63. The average Bonchev–Trinajstić information content (AvgIpc) is 3.43. The van der Waals surface area contributed by atoms with Crippen molar-refractivity contribution in [1.82, 2.24) is 20.0 Å². The summed E-state index contributed by atoms with van der Waals surface area (Å²) in [5, 5.41) is 15.4. The van der Waals surface area contributed by atoms with Gasteiger partial charge >= 0.3 is 0 Å². The Morgan fingerprint density at radius 3 is 2.41 bits per heavy atom. The van der Waals surface area contributed by atoms with Crippen molar-refractivity contribution in [3.8, 4) is 6.07 Å². The van der Waals surface area contributed by atoms with Crippen molar-refractivity contribution < 1.29 is 9.42 Å². The molecule has 3 heterocycles. The van der Waals surface area contributed by atoms with E-state index in [1.807, 2.05) is 21.6 Å². The van der Waals surface area contributed by atoms with Gasteiger partial charge in [-0.3, -0.25) is 9.69 Å². The molecule has 0 aromatic carbocycles. The van der Waals surface area contributed by atoms with Gasteiger partial charge < -0.3 is 5.32 Å². The van der Waals surface area contributed by atoms with Crippen LogP contribution in [0.15, 0.2) is 4.63 Å². The fourth-order valence-corrected chi connectivity index (χ4v) is 8.94. The third-order valence-electron chi connectivity index (χ3n) is 8.74. The van der Waals surface area contributed by atoms with Crippen LogP contribution in [-0.4, -0.2) is 63.0 Å². The van der Waals surface area contributed by atoms with E-state index >= 15 is 0 Å². The number of aromatic nitrogens is 2. The first-order chi connectivity index (χ1) is 15.6. The lowest BCUT2D eigenvalue weighted by molar-refractivity contribution is -0.128. The van der Waals surface area contributed by atoms with Crippen molar-refractivity contribution >= 4 is 17.7 Å². The Balaban J connectivity index is 1.00. The highest BCUT2D eigenvalue weighted by molar-refractivity contribution is 8.00. The number of nitriles is 1. The number of rotatable bonds is 6. The minimum Gasteiger partial charge on any atom is -0.350 e. The zero-order chi connectivity index (χ0) is 21.9. The molecule has 7 rings (SSSR count). The molecule has 1 aromatic heterocycles. The van der Waals surface area contributed by atoms with Crippen molar-refractivity contribution in [2.24, 2.45) is 17.8 Å². The van der Waals surface area contributed by atoms with E-state index in [9.17, 15) is 10.1 Å². The molecule has 1 aromatic rings. The molecule has 4 saturated carbocycles. The first-order valence-corrected chi connectivity index (χ1v) is 13.7. The van der Waals surface area contributed by atoms with E-state index < -0.39 is 0 Å². The van der Waals surface area contributed by atoms with E-state index in [0.29, 0.717) is 18.0 Å². The van der Waals surface area contributed by atoms with Crippen molar-refractivity contribution in [1.29, 1.82) is 5.26 Å². The first kappa shape index (κ1) is 21.0. The molecule has 2 unspecified atom stereocenters. The van der Waals surface area contributed by atoms with Crippen LogP contribution in [0.1, 0.15) is 70.8 Å². The standard InChI is InChI=1S/C23H36N6O2S/c1-2-22-27(20(13-24)15-32-22)29-28(31-29)19-3-5-26(6-4-19)14-21(30)25-23-10-16-7-17(11-23)9-18(8-16)12-23/h16-20,22H,2-12,14-15H2,1H3,(H,25,30). The van der Waals surface area contributed by atoms with Crippen LogP contribution in [-0.2, 0) is 4.79 Å². The number of carbonyl (C=O) groups excluding carboxylic acids is 1. The summed E-state index contributed by atoms with van der Waals surface area (Å²) >= 11 is 1.83. The molecule has 0 radical (unpaired) electrons. The second-order valence-corrected chi connectivity index (χ2v) is 12.3. The number of likely N-dealkylation sites (tertiary alicyclic amines) is 1. The predicted molar refractivity (Wildman–Crippen MR) is 123 cm³/mol. The minimum atomic E-state index is -0.122. The van der Waals surface area contributed by atoms with Gasteiger partial charge in [0.2, 0.25) is 5.91 Å². The minimum absolute atomic E-state index is 0.110. The normalized spacial score (nSPS) is 39.6. The molecule has 2 atom stereocenters. The molecular weight excluding hydrogens is 424 g/mol. The second-order valence-electron chi connectivity index (χ2n) is 11.1. The SMILES string of the molecule is CCC1SCC(C#N)N1n1on1C1CCN(CC(=O)NC23CC4CC(CC(C4)C2)C3)CC1. The van der Waals surface area contributed by atoms with Crippen molar-refractivity contribution in [3.05, 3.63) is 0 Å². The molecule has 1 amide bonds. The molecular formula is C23H36N6O2S. The largest absolute Gasteiger partial charge is 0.350 e. The molecule has 4 aliphatic carbocycles. The van der Waals surface area contributed by atoms with Gasteiger partial charge in [0.25, 0.3) is 0 Å². The van der Waals surface area contributed by atoms with Crippen molar-refractivity contribution in [3.63, 3.8) is 0 Å². The Morgan fingerprint density at radius 2 is 1.81 bits per heavy atom. The highest BCUT2D eigenvalue weighted by Gasteiger charge is 2.51. The molecule has 0 spiro atoms. The maximum atomic E-state index is 13.0. The zero-order valence-corrected chi connectivity index (χ0v) is 19.9. The third-order valence-corrected chi connectivity index (χ3v) is 10.2. The van der Waals surface area contributed by atoms with E-state index in [4.69, 9.17) is 4.63 Å². The Labute approximate surface area is 194 Å². The fourth-order valence-electron chi connectivity index (χ4n) is 7.70. The van der Waals surface area contributed by atoms with Gasteiger partial charge in [0, 0.05) is 29.3 Å². The van der Waals surface area contributed by atoms with Gasteiger partial charge in [-0.1, -0.05) is 11.8 Å². The van der Waals surface area contributed by atoms with Crippen LogP contribution < -0.4 is 10.3 Å². The molecule has 32 heavy (non-hydrogen) atoms. The van der Waals surface area contributed by atoms with Crippen molar-refractivity contribution in [2.45, 2.75) is 87.7 Å². The van der Waals surface area contributed by atoms with E-state index in [-0.39, 0.29) is 17.5 Å². The second kappa shape index (κ2) is 8.05. The molecule has 1 N–H and O–H groups in total. The van der Waals surface area contributed by atoms with Gasteiger partial charge in [-0.2, -0.15) is 5.26 Å². The molecule has 176 valence electrons. The Bertz CT molecular complexity index is 839. The summed E-state index contributed by atoms with van der Waals surface area (Å²) in [5.41, 5.74) is 0.110. The monoisotopic (exact) mass is 460 g/mol. The highest BCUT2D eigenvalue weighted by Crippen LogP contribution is 2.55. The maximum Gasteiger partial charge on any atom is 0.234 e. The lowest BCUT2D eigenvalue weighted by Gasteiger charge is -2.57. The summed E-state index contributed by atoms with van der Waals surface area (Å²) in [6.07, 6.45) is 10.8. The van der Waals surface area contributed by atoms with Crippen LogP contribution in [0.25, 0.3) is 0 Å². The number of nitrogens with zero attached hydrogens (tertiary/aromatic N) is 5. The first-order valence-electron chi connectivity index (χ1n) is 12.7. The van der Waals surface area contributed by atoms with E-state index in [0.717, 1.165) is 55.9 Å². The number of piperidine rings is 1. The summed E-state index contributed by atoms with van der Waals surface area (Å²) in [4.78, 5) is 19.0. The number of hydrogen-bond acceptors (Lipinski definition) is 6. The smallest absolute Gasteiger partial charge is 0.234 e. The van der Waals surface area contributed by atoms with Crippen LogP contribution in [0.2, 0.25) is 0 Å². The topological polar surface area (TPSA) is 82.4 Å². The van der Waals surface area contributed by atoms with Gasteiger partial charge in [-0.05, 0) is 75.5 Å². The maximum absolute atomic E-state index is 13.0. The van der Waals surface area contributed by atoms with Crippen LogP contribution in [0, 0.1) is 29.1 Å². The van der Waals surface area contributed by atoms with Gasteiger partial charge in [-0.15, -0.1) is 11.8 Å². The Hall–Kier alpha value is -1.53. The Morgan fingerprint density at radius 1 is 1.16 bits per heavy atom. The quantitative estimate of drug-likeness (QED) is 0.703. The molecule has 2 saturated heterocycles. The van der Waals surface area contributed by atoms with E-state index in [1.165, 1.54) is 38.5 Å². The lowest BCUT2D eigenvalue weighted by Crippen LogP contribution is -2.61. The molecule has 2 aliphatic heterocycles. The summed E-state index contributed by atoms with van der Waals surface area (Å²) in [6.45, 7) is 4.52. The molecule has 6 fully saturated rings. The van der Waals surface area contributed by atoms with Gasteiger partial charge in [-0.25, -0.2) is 9.64 Å². The number of hydrogen-bond donors (Lipinski definition) is 1. The van der Waals surface area contributed by atoms with Crippen molar-refractivity contribution in [2.75, 3.05) is 30.4 Å². The van der Waals surface area contributed by atoms with Gasteiger partial charge in [0.1, 0.15) is 6.04 Å². The van der Waals surface area contributed by atoms with Crippen LogP contribution >= 0.6 is 11.8 Å². The predicted octanol–water partition coefficient (Wildman–Crippen LogP) is 2.92. The van der Waals surface area contributed by atoms with Crippen LogP contribution in [0.4, 0.5) is 0 Å². The zero-order valence-electron chi connectivity index (χ0n) is 19.1. The van der Waals surface area contributed by atoms with Gasteiger partial charge in [0.15, 0.2) is 0 Å². The van der Waals surface area contributed by atoms with Crippen LogP contribution in [0.5, 0.6) is 0 Å². The summed E-state index contributed by atoms with van der Waals surface area (Å²) in [6, 6.07) is 2.61. The average molecular weight is 461 g/mol. The lowest BCUT2D eigenvalue weighted by atomic mass is 9.53. The van der Waals surface area contributed by atoms with Crippen LogP contribution in [0.3, 0.4) is 0 Å². The number of nitrogens with one attached hydrogen (secondary N) is 1.